The van der Waals surface area contributed by atoms with Crippen LogP contribution in [0.15, 0.2) is 0 Å². The SMILES string of the molecule is CCOC(=O)CCCNc1nc(NC)nc(C)c1[N+](=O)[O-]. The molecule has 1 aromatic heterocycles. The van der Waals surface area contributed by atoms with Gasteiger partial charge in [0.2, 0.25) is 11.8 Å². The highest BCUT2D eigenvalue weighted by atomic mass is 16.6. The van der Waals surface area contributed by atoms with E-state index in [0.29, 0.717) is 25.5 Å². The van der Waals surface area contributed by atoms with E-state index in [-0.39, 0.29) is 29.6 Å². The molecule has 0 fully saturated rings. The van der Waals surface area contributed by atoms with Gasteiger partial charge >= 0.3 is 11.7 Å². The van der Waals surface area contributed by atoms with Crippen molar-refractivity contribution in [1.29, 1.82) is 0 Å². The van der Waals surface area contributed by atoms with E-state index in [0.717, 1.165) is 0 Å². The van der Waals surface area contributed by atoms with Crippen LogP contribution in [0.3, 0.4) is 0 Å². The molecule has 0 spiro atoms. The maximum absolute atomic E-state index is 11.2. The van der Waals surface area contributed by atoms with Gasteiger partial charge in [-0.3, -0.25) is 14.9 Å². The number of hydrogen-bond donors (Lipinski definition) is 2. The van der Waals surface area contributed by atoms with Gasteiger partial charge in [-0.05, 0) is 20.3 Å². The van der Waals surface area contributed by atoms with Gasteiger partial charge in [0.05, 0.1) is 11.5 Å². The zero-order valence-corrected chi connectivity index (χ0v) is 12.3. The Balaban J connectivity index is 2.71. The van der Waals surface area contributed by atoms with Crippen molar-refractivity contribution >= 4 is 23.4 Å². The van der Waals surface area contributed by atoms with Crippen molar-refractivity contribution in [1.82, 2.24) is 9.97 Å². The lowest BCUT2D eigenvalue weighted by Gasteiger charge is -2.09. The summed E-state index contributed by atoms with van der Waals surface area (Å²) in [5.41, 5.74) is 0.109. The van der Waals surface area contributed by atoms with Crippen molar-refractivity contribution in [2.75, 3.05) is 30.8 Å². The minimum Gasteiger partial charge on any atom is -0.466 e. The summed E-state index contributed by atoms with van der Waals surface area (Å²) in [5.74, 6) is 0.148. The highest BCUT2D eigenvalue weighted by molar-refractivity contribution is 5.69. The third-order valence-corrected chi connectivity index (χ3v) is 2.62. The van der Waals surface area contributed by atoms with Crippen LogP contribution < -0.4 is 10.6 Å². The number of nitro groups is 1. The summed E-state index contributed by atoms with van der Waals surface area (Å²) >= 11 is 0. The molecule has 0 amide bonds. The van der Waals surface area contributed by atoms with E-state index in [9.17, 15) is 14.9 Å². The lowest BCUT2D eigenvalue weighted by atomic mass is 10.3. The fraction of sp³-hybridized carbons (Fsp3) is 0.583. The smallest absolute Gasteiger partial charge is 0.332 e. The Morgan fingerprint density at radius 2 is 2.14 bits per heavy atom. The molecule has 116 valence electrons. The van der Waals surface area contributed by atoms with Gasteiger partial charge in [0.25, 0.3) is 0 Å². The van der Waals surface area contributed by atoms with Crippen LogP contribution in [0.25, 0.3) is 0 Å². The van der Waals surface area contributed by atoms with E-state index < -0.39 is 4.92 Å². The van der Waals surface area contributed by atoms with E-state index >= 15 is 0 Å². The van der Waals surface area contributed by atoms with Crippen LogP contribution in [0, 0.1) is 17.0 Å². The van der Waals surface area contributed by atoms with Crippen LogP contribution in [0.5, 0.6) is 0 Å². The van der Waals surface area contributed by atoms with Gasteiger partial charge in [-0.25, -0.2) is 4.98 Å². The highest BCUT2D eigenvalue weighted by Gasteiger charge is 2.21. The van der Waals surface area contributed by atoms with E-state index in [1.165, 1.54) is 0 Å². The van der Waals surface area contributed by atoms with Gasteiger partial charge in [-0.1, -0.05) is 0 Å². The van der Waals surface area contributed by atoms with Crippen molar-refractivity contribution in [3.63, 3.8) is 0 Å². The van der Waals surface area contributed by atoms with E-state index in [1.54, 1.807) is 20.9 Å². The number of ether oxygens (including phenoxy) is 1. The van der Waals surface area contributed by atoms with Crippen molar-refractivity contribution in [2.45, 2.75) is 26.7 Å². The summed E-state index contributed by atoms with van der Waals surface area (Å²) in [6.45, 7) is 4.00. The first kappa shape index (κ1) is 16.6. The molecule has 0 aliphatic carbocycles. The summed E-state index contributed by atoms with van der Waals surface area (Å²) in [6, 6.07) is 0. The first-order chi connectivity index (χ1) is 9.99. The number of carbonyl (C=O) groups is 1. The number of aryl methyl sites for hydroxylation is 1. The maximum atomic E-state index is 11.2. The second-order valence-corrected chi connectivity index (χ2v) is 4.17. The summed E-state index contributed by atoms with van der Waals surface area (Å²) in [4.78, 5) is 29.7. The highest BCUT2D eigenvalue weighted by Crippen LogP contribution is 2.26. The number of nitrogens with zero attached hydrogens (tertiary/aromatic N) is 3. The first-order valence-corrected chi connectivity index (χ1v) is 6.59. The molecular formula is C12H19N5O4. The van der Waals surface area contributed by atoms with Crippen LogP contribution in [0.1, 0.15) is 25.5 Å². The van der Waals surface area contributed by atoms with Crippen molar-refractivity contribution < 1.29 is 14.5 Å². The normalized spacial score (nSPS) is 10.0. The number of hydrogen-bond acceptors (Lipinski definition) is 8. The van der Waals surface area contributed by atoms with E-state index in [2.05, 4.69) is 20.6 Å². The van der Waals surface area contributed by atoms with Crippen LogP contribution in [0.4, 0.5) is 17.5 Å². The third-order valence-electron chi connectivity index (χ3n) is 2.62. The van der Waals surface area contributed by atoms with Crippen LogP contribution in [-0.2, 0) is 9.53 Å². The Kier molecular flexibility index (Phi) is 6.31. The van der Waals surface area contributed by atoms with Crippen molar-refractivity contribution in [3.8, 4) is 0 Å². The number of nitrogens with one attached hydrogen (secondary N) is 2. The maximum Gasteiger partial charge on any atom is 0.332 e. The Labute approximate surface area is 122 Å². The minimum absolute atomic E-state index is 0.140. The first-order valence-electron chi connectivity index (χ1n) is 6.59. The van der Waals surface area contributed by atoms with Gasteiger partial charge in [0.15, 0.2) is 0 Å². The van der Waals surface area contributed by atoms with Crippen LogP contribution in [-0.4, -0.2) is 41.1 Å². The number of aromatic nitrogens is 2. The molecule has 21 heavy (non-hydrogen) atoms. The molecule has 2 N–H and O–H groups in total. The predicted molar refractivity (Wildman–Crippen MR) is 77.3 cm³/mol. The molecule has 0 aliphatic rings. The average molecular weight is 297 g/mol. The summed E-state index contributed by atoms with van der Waals surface area (Å²) in [7, 11) is 1.63. The molecule has 0 atom stereocenters. The molecular weight excluding hydrogens is 278 g/mol. The fourth-order valence-corrected chi connectivity index (χ4v) is 1.69. The molecule has 1 heterocycles. The molecule has 0 unspecified atom stereocenters. The predicted octanol–water partition coefficient (Wildman–Crippen LogP) is 1.49. The lowest BCUT2D eigenvalue weighted by Crippen LogP contribution is -2.12. The lowest BCUT2D eigenvalue weighted by molar-refractivity contribution is -0.385. The Morgan fingerprint density at radius 3 is 2.71 bits per heavy atom. The molecule has 0 saturated carbocycles. The Morgan fingerprint density at radius 1 is 1.43 bits per heavy atom. The minimum atomic E-state index is -0.525. The Hall–Kier alpha value is -2.45. The molecule has 1 rings (SSSR count). The molecule has 1 aromatic rings. The molecule has 0 radical (unpaired) electrons. The zero-order chi connectivity index (χ0) is 15.8. The van der Waals surface area contributed by atoms with Crippen molar-refractivity contribution in [2.24, 2.45) is 0 Å². The van der Waals surface area contributed by atoms with Gasteiger partial charge in [0.1, 0.15) is 5.69 Å². The van der Waals surface area contributed by atoms with E-state index in [1.807, 2.05) is 0 Å². The van der Waals surface area contributed by atoms with E-state index in [4.69, 9.17) is 4.74 Å². The standard InChI is InChI=1S/C12H19N5O4/c1-4-21-9(18)6-5-7-14-11-10(17(19)20)8(2)15-12(13-3)16-11/h4-7H2,1-3H3,(H2,13,14,15,16). The second-order valence-electron chi connectivity index (χ2n) is 4.17. The largest absolute Gasteiger partial charge is 0.466 e. The zero-order valence-electron chi connectivity index (χ0n) is 12.3. The molecule has 0 aromatic carbocycles. The Bertz CT molecular complexity index is 521. The number of esters is 1. The number of anilines is 2. The molecule has 0 saturated heterocycles. The fourth-order valence-electron chi connectivity index (χ4n) is 1.69. The van der Waals surface area contributed by atoms with Gasteiger partial charge in [-0.2, -0.15) is 4.98 Å². The monoisotopic (exact) mass is 297 g/mol. The average Bonchev–Trinajstić information content (AvgIpc) is 2.42. The summed E-state index contributed by atoms with van der Waals surface area (Å²) in [6.07, 6.45) is 0.742. The van der Waals surface area contributed by atoms with Crippen molar-refractivity contribution in [3.05, 3.63) is 15.8 Å². The molecule has 9 heteroatoms. The molecule has 0 aliphatic heterocycles. The third kappa shape index (κ3) is 4.86. The summed E-state index contributed by atoms with van der Waals surface area (Å²) in [5, 5.41) is 16.7. The van der Waals surface area contributed by atoms with Gasteiger partial charge in [-0.15, -0.1) is 0 Å². The topological polar surface area (TPSA) is 119 Å². The second kappa shape index (κ2) is 7.98. The number of rotatable bonds is 8. The van der Waals surface area contributed by atoms with Crippen LogP contribution in [0.2, 0.25) is 0 Å². The molecule has 9 nitrogen and oxygen atoms in total. The van der Waals surface area contributed by atoms with Gasteiger partial charge < -0.3 is 15.4 Å². The quantitative estimate of drug-likeness (QED) is 0.320. The van der Waals surface area contributed by atoms with Gasteiger partial charge in [0, 0.05) is 20.0 Å². The molecule has 0 bridgehead atoms. The number of carbonyl (C=O) groups excluding carboxylic acids is 1. The van der Waals surface area contributed by atoms with Crippen LogP contribution >= 0.6 is 0 Å². The summed E-state index contributed by atoms with van der Waals surface area (Å²) < 4.78 is 4.80.